The Morgan fingerprint density at radius 3 is 2.37 bits per heavy atom. The van der Waals surface area contributed by atoms with Crippen LogP contribution in [-0.2, 0) is 9.53 Å². The van der Waals surface area contributed by atoms with Crippen LogP contribution in [0.4, 0.5) is 0 Å². The van der Waals surface area contributed by atoms with E-state index in [2.05, 4.69) is 0 Å². The molecule has 0 amide bonds. The molecule has 0 aromatic heterocycles. The summed E-state index contributed by atoms with van der Waals surface area (Å²) in [6.07, 6.45) is -0.997. The highest BCUT2D eigenvalue weighted by molar-refractivity contribution is 5.70. The van der Waals surface area contributed by atoms with Gasteiger partial charge in [-0.2, -0.15) is 0 Å². The number of rotatable bonds is 6. The zero-order valence-corrected chi connectivity index (χ0v) is 11.7. The molecular weight excluding hydrogens is 248 g/mol. The van der Waals surface area contributed by atoms with E-state index in [0.717, 1.165) is 5.56 Å². The van der Waals surface area contributed by atoms with E-state index in [-0.39, 0.29) is 6.42 Å². The number of aliphatic hydroxyl groups excluding tert-OH is 1. The smallest absolute Gasteiger partial charge is 0.308 e. The molecule has 0 radical (unpaired) electrons. The molecule has 1 atom stereocenters. The van der Waals surface area contributed by atoms with E-state index in [0.29, 0.717) is 23.7 Å². The number of esters is 1. The minimum absolute atomic E-state index is 0.0792. The number of methoxy groups -OCH3 is 2. The van der Waals surface area contributed by atoms with Gasteiger partial charge < -0.3 is 19.3 Å². The predicted molar refractivity (Wildman–Crippen MR) is 70.5 cm³/mol. The van der Waals surface area contributed by atoms with Gasteiger partial charge in [0.1, 0.15) is 0 Å². The van der Waals surface area contributed by atoms with Crippen LogP contribution in [0.5, 0.6) is 11.5 Å². The van der Waals surface area contributed by atoms with Crippen molar-refractivity contribution in [1.82, 2.24) is 0 Å². The van der Waals surface area contributed by atoms with Crippen molar-refractivity contribution in [3.8, 4) is 11.5 Å². The Balaban J connectivity index is 2.96. The fourth-order valence-electron chi connectivity index (χ4n) is 1.84. The second-order valence-electron chi connectivity index (χ2n) is 4.09. The molecule has 0 bridgehead atoms. The summed E-state index contributed by atoms with van der Waals surface area (Å²) in [5.74, 6) is 0.683. The van der Waals surface area contributed by atoms with Gasteiger partial charge in [0.2, 0.25) is 0 Å². The third kappa shape index (κ3) is 3.86. The summed E-state index contributed by atoms with van der Waals surface area (Å²) in [5, 5.41) is 10.1. The molecule has 1 N–H and O–H groups in total. The van der Waals surface area contributed by atoms with Crippen molar-refractivity contribution in [3.63, 3.8) is 0 Å². The molecule has 1 aromatic carbocycles. The Bertz CT molecular complexity index is 442. The first-order valence-corrected chi connectivity index (χ1v) is 6.09. The SMILES string of the molecule is CCOC(=O)CC(O)c1cc(OC)c(OC)cc1C. The Kier molecular flexibility index (Phi) is 5.63. The van der Waals surface area contributed by atoms with Gasteiger partial charge >= 0.3 is 5.97 Å². The summed E-state index contributed by atoms with van der Waals surface area (Å²) in [5.41, 5.74) is 1.46. The molecule has 19 heavy (non-hydrogen) atoms. The van der Waals surface area contributed by atoms with Gasteiger partial charge in [0.15, 0.2) is 11.5 Å². The molecule has 0 aliphatic heterocycles. The van der Waals surface area contributed by atoms with Gasteiger partial charge in [0.05, 0.1) is 33.4 Å². The van der Waals surface area contributed by atoms with Crippen LogP contribution < -0.4 is 9.47 Å². The Morgan fingerprint density at radius 2 is 1.84 bits per heavy atom. The van der Waals surface area contributed by atoms with Gasteiger partial charge in [-0.25, -0.2) is 0 Å². The van der Waals surface area contributed by atoms with E-state index in [1.165, 1.54) is 7.11 Å². The van der Waals surface area contributed by atoms with Crippen molar-refractivity contribution in [2.24, 2.45) is 0 Å². The third-order valence-electron chi connectivity index (χ3n) is 2.80. The molecule has 5 nitrogen and oxygen atoms in total. The van der Waals surface area contributed by atoms with E-state index in [9.17, 15) is 9.90 Å². The molecule has 5 heteroatoms. The van der Waals surface area contributed by atoms with Crippen molar-refractivity contribution in [2.45, 2.75) is 26.4 Å². The van der Waals surface area contributed by atoms with Crippen LogP contribution >= 0.6 is 0 Å². The second kappa shape index (κ2) is 6.99. The van der Waals surface area contributed by atoms with Crippen molar-refractivity contribution >= 4 is 5.97 Å². The van der Waals surface area contributed by atoms with Crippen LogP contribution in [0.3, 0.4) is 0 Å². The molecule has 0 saturated heterocycles. The summed E-state index contributed by atoms with van der Waals surface area (Å²) in [6, 6.07) is 3.45. The minimum atomic E-state index is -0.918. The molecule has 106 valence electrons. The Morgan fingerprint density at radius 1 is 1.26 bits per heavy atom. The number of aryl methyl sites for hydroxylation is 1. The topological polar surface area (TPSA) is 65.0 Å². The van der Waals surface area contributed by atoms with Gasteiger partial charge in [-0.05, 0) is 37.1 Å². The quantitative estimate of drug-likeness (QED) is 0.799. The zero-order chi connectivity index (χ0) is 14.4. The number of hydrogen-bond acceptors (Lipinski definition) is 5. The highest BCUT2D eigenvalue weighted by Crippen LogP contribution is 2.33. The van der Waals surface area contributed by atoms with Crippen LogP contribution in [-0.4, -0.2) is 31.9 Å². The monoisotopic (exact) mass is 268 g/mol. The molecule has 0 spiro atoms. The molecule has 0 aliphatic carbocycles. The molecule has 1 unspecified atom stereocenters. The van der Waals surface area contributed by atoms with Crippen LogP contribution in [0.1, 0.15) is 30.6 Å². The molecule has 0 saturated carbocycles. The number of aliphatic hydroxyl groups is 1. The molecule has 0 fully saturated rings. The lowest BCUT2D eigenvalue weighted by Gasteiger charge is -2.16. The third-order valence-corrected chi connectivity index (χ3v) is 2.80. The summed E-state index contributed by atoms with van der Waals surface area (Å²) in [7, 11) is 3.07. The average molecular weight is 268 g/mol. The first kappa shape index (κ1) is 15.3. The predicted octanol–water partition coefficient (Wildman–Crippen LogP) is 2.00. The molecule has 0 heterocycles. The highest BCUT2D eigenvalue weighted by Gasteiger charge is 2.18. The van der Waals surface area contributed by atoms with Crippen LogP contribution in [0.25, 0.3) is 0 Å². The van der Waals surface area contributed by atoms with E-state index >= 15 is 0 Å². The lowest BCUT2D eigenvalue weighted by atomic mass is 10.0. The van der Waals surface area contributed by atoms with Crippen molar-refractivity contribution < 1.29 is 24.1 Å². The number of benzene rings is 1. The largest absolute Gasteiger partial charge is 0.493 e. The number of carbonyl (C=O) groups excluding carboxylic acids is 1. The van der Waals surface area contributed by atoms with Crippen molar-refractivity contribution in [1.29, 1.82) is 0 Å². The number of hydrogen-bond donors (Lipinski definition) is 1. The van der Waals surface area contributed by atoms with E-state index in [1.54, 1.807) is 26.2 Å². The van der Waals surface area contributed by atoms with Gasteiger partial charge in [-0.15, -0.1) is 0 Å². The highest BCUT2D eigenvalue weighted by atomic mass is 16.5. The molecule has 1 rings (SSSR count). The first-order valence-electron chi connectivity index (χ1n) is 6.09. The summed E-state index contributed by atoms with van der Waals surface area (Å²) < 4.78 is 15.2. The van der Waals surface area contributed by atoms with Gasteiger partial charge in [-0.3, -0.25) is 4.79 Å². The summed E-state index contributed by atoms with van der Waals surface area (Å²) in [4.78, 5) is 11.4. The normalized spacial score (nSPS) is 11.8. The lowest BCUT2D eigenvalue weighted by Crippen LogP contribution is -2.11. The maximum atomic E-state index is 11.4. The number of carbonyl (C=O) groups is 1. The van der Waals surface area contributed by atoms with Gasteiger partial charge in [-0.1, -0.05) is 0 Å². The zero-order valence-electron chi connectivity index (χ0n) is 11.7. The maximum Gasteiger partial charge on any atom is 0.308 e. The molecular formula is C14H20O5. The van der Waals surface area contributed by atoms with Gasteiger partial charge in [0, 0.05) is 0 Å². The summed E-state index contributed by atoms with van der Waals surface area (Å²) >= 11 is 0. The first-order chi connectivity index (χ1) is 9.03. The van der Waals surface area contributed by atoms with E-state index in [1.807, 2.05) is 6.92 Å². The second-order valence-corrected chi connectivity index (χ2v) is 4.09. The fourth-order valence-corrected chi connectivity index (χ4v) is 1.84. The average Bonchev–Trinajstić information content (AvgIpc) is 2.38. The van der Waals surface area contributed by atoms with Gasteiger partial charge in [0.25, 0.3) is 0 Å². The fraction of sp³-hybridized carbons (Fsp3) is 0.500. The Hall–Kier alpha value is -1.75. The van der Waals surface area contributed by atoms with Crippen LogP contribution in [0.2, 0.25) is 0 Å². The molecule has 0 aliphatic rings. The standard InChI is InChI=1S/C14H20O5/c1-5-19-14(16)8-11(15)10-7-13(18-4)12(17-3)6-9(10)2/h6-7,11,15H,5,8H2,1-4H3. The molecule has 1 aromatic rings. The Labute approximate surface area is 113 Å². The van der Waals surface area contributed by atoms with Crippen LogP contribution in [0.15, 0.2) is 12.1 Å². The van der Waals surface area contributed by atoms with E-state index in [4.69, 9.17) is 14.2 Å². The summed E-state index contributed by atoms with van der Waals surface area (Å²) in [6.45, 7) is 3.87. The van der Waals surface area contributed by atoms with E-state index < -0.39 is 12.1 Å². The van der Waals surface area contributed by atoms with Crippen molar-refractivity contribution in [2.75, 3.05) is 20.8 Å². The maximum absolute atomic E-state index is 11.4. The van der Waals surface area contributed by atoms with Crippen molar-refractivity contribution in [3.05, 3.63) is 23.3 Å². The minimum Gasteiger partial charge on any atom is -0.493 e. The number of ether oxygens (including phenoxy) is 3. The lowest BCUT2D eigenvalue weighted by molar-refractivity contribution is -0.145. The van der Waals surface area contributed by atoms with Crippen LogP contribution in [0, 0.1) is 6.92 Å².